The first-order chi connectivity index (χ1) is 7.25. The number of rotatable bonds is 3. The average Bonchev–Trinajstić information content (AvgIpc) is 2.93. The monoisotopic (exact) mass is 207 g/mol. The molecule has 1 aliphatic rings. The molecule has 0 radical (unpaired) electrons. The molecular formula is C11H13NO3. The number of hydrogen-bond donors (Lipinski definition) is 2. The van der Waals surface area contributed by atoms with E-state index in [0.717, 1.165) is 5.56 Å². The number of benzene rings is 1. The zero-order valence-corrected chi connectivity index (χ0v) is 8.22. The highest BCUT2D eigenvalue weighted by atomic mass is 16.5. The summed E-state index contributed by atoms with van der Waals surface area (Å²) in [5.74, 6) is 0. The molecule has 2 atom stereocenters. The summed E-state index contributed by atoms with van der Waals surface area (Å²) in [6, 6.07) is 9.35. The van der Waals surface area contributed by atoms with Gasteiger partial charge >= 0.3 is 6.09 Å². The Hall–Kier alpha value is -1.55. The number of amides is 1. The van der Waals surface area contributed by atoms with Crippen LogP contribution < -0.4 is 5.32 Å². The highest BCUT2D eigenvalue weighted by Crippen LogP contribution is 2.20. The van der Waals surface area contributed by atoms with Gasteiger partial charge in [-0.2, -0.15) is 0 Å². The second kappa shape index (κ2) is 4.31. The van der Waals surface area contributed by atoms with Crippen LogP contribution in [0.4, 0.5) is 4.79 Å². The van der Waals surface area contributed by atoms with Crippen LogP contribution in [-0.2, 0) is 11.3 Å². The number of alkyl carbamates (subject to hydrolysis) is 1. The van der Waals surface area contributed by atoms with E-state index < -0.39 is 12.2 Å². The van der Waals surface area contributed by atoms with Gasteiger partial charge in [-0.1, -0.05) is 30.3 Å². The molecule has 80 valence electrons. The molecule has 0 heterocycles. The van der Waals surface area contributed by atoms with E-state index in [0.29, 0.717) is 6.42 Å². The van der Waals surface area contributed by atoms with E-state index in [-0.39, 0.29) is 12.6 Å². The van der Waals surface area contributed by atoms with Gasteiger partial charge in [0.2, 0.25) is 0 Å². The second-order valence-electron chi connectivity index (χ2n) is 3.62. The molecule has 0 spiro atoms. The molecule has 1 aromatic rings. The maximum atomic E-state index is 11.2. The van der Waals surface area contributed by atoms with Gasteiger partial charge in [0.25, 0.3) is 0 Å². The van der Waals surface area contributed by atoms with Crippen LogP contribution in [-0.4, -0.2) is 23.3 Å². The summed E-state index contributed by atoms with van der Waals surface area (Å²) in [7, 11) is 0. The number of aliphatic hydroxyl groups is 1. The van der Waals surface area contributed by atoms with Gasteiger partial charge < -0.3 is 15.2 Å². The molecular weight excluding hydrogens is 194 g/mol. The standard InChI is InChI=1S/C11H13NO3/c13-10-6-9(10)12-11(14)15-7-8-4-2-1-3-5-8/h1-5,9-10,13H,6-7H2,(H,12,14)/t9-,10-/m1/s1. The fourth-order valence-corrected chi connectivity index (χ4v) is 1.25. The van der Waals surface area contributed by atoms with Crippen molar-refractivity contribution in [1.29, 1.82) is 0 Å². The Morgan fingerprint density at radius 2 is 2.13 bits per heavy atom. The molecule has 1 fully saturated rings. The lowest BCUT2D eigenvalue weighted by molar-refractivity contribution is 0.136. The fourth-order valence-electron chi connectivity index (χ4n) is 1.25. The average molecular weight is 207 g/mol. The first-order valence-corrected chi connectivity index (χ1v) is 4.91. The Labute approximate surface area is 87.9 Å². The highest BCUT2D eigenvalue weighted by molar-refractivity contribution is 5.68. The number of aliphatic hydroxyl groups excluding tert-OH is 1. The number of hydrogen-bond acceptors (Lipinski definition) is 3. The molecule has 0 bridgehead atoms. The third-order valence-corrected chi connectivity index (χ3v) is 2.27. The van der Waals surface area contributed by atoms with Gasteiger partial charge in [-0.3, -0.25) is 0 Å². The minimum absolute atomic E-state index is 0.117. The van der Waals surface area contributed by atoms with Gasteiger partial charge in [0.1, 0.15) is 6.61 Å². The van der Waals surface area contributed by atoms with Crippen LogP contribution in [0, 0.1) is 0 Å². The third-order valence-electron chi connectivity index (χ3n) is 2.27. The number of ether oxygens (including phenoxy) is 1. The number of carbonyl (C=O) groups excluding carboxylic acids is 1. The first-order valence-electron chi connectivity index (χ1n) is 4.91. The largest absolute Gasteiger partial charge is 0.445 e. The van der Waals surface area contributed by atoms with Crippen molar-refractivity contribution in [3.8, 4) is 0 Å². The molecule has 0 aliphatic heterocycles. The molecule has 0 aromatic heterocycles. The highest BCUT2D eigenvalue weighted by Gasteiger charge is 2.36. The van der Waals surface area contributed by atoms with Crippen molar-refractivity contribution in [1.82, 2.24) is 5.32 Å². The summed E-state index contributed by atoms with van der Waals surface area (Å²) in [5.41, 5.74) is 0.948. The van der Waals surface area contributed by atoms with Crippen molar-refractivity contribution in [2.24, 2.45) is 0 Å². The third kappa shape index (κ3) is 2.95. The second-order valence-corrected chi connectivity index (χ2v) is 3.62. The zero-order valence-electron chi connectivity index (χ0n) is 8.22. The molecule has 1 aromatic carbocycles. The van der Waals surface area contributed by atoms with Crippen molar-refractivity contribution in [3.63, 3.8) is 0 Å². The summed E-state index contributed by atoms with van der Waals surface area (Å²) < 4.78 is 4.97. The number of carbonyl (C=O) groups is 1. The maximum absolute atomic E-state index is 11.2. The van der Waals surface area contributed by atoms with Crippen molar-refractivity contribution in [3.05, 3.63) is 35.9 Å². The summed E-state index contributed by atoms with van der Waals surface area (Å²) in [5, 5.41) is 11.6. The molecule has 1 amide bonds. The lowest BCUT2D eigenvalue weighted by atomic mass is 10.2. The van der Waals surface area contributed by atoms with E-state index in [4.69, 9.17) is 9.84 Å². The van der Waals surface area contributed by atoms with Crippen molar-refractivity contribution < 1.29 is 14.6 Å². The predicted octanol–water partition coefficient (Wildman–Crippen LogP) is 1.05. The lowest BCUT2D eigenvalue weighted by Crippen LogP contribution is -2.28. The van der Waals surface area contributed by atoms with E-state index in [1.807, 2.05) is 30.3 Å². The van der Waals surface area contributed by atoms with Crippen LogP contribution in [0.15, 0.2) is 30.3 Å². The Balaban J connectivity index is 1.71. The first kappa shape index (κ1) is 9.98. The van der Waals surface area contributed by atoms with Gasteiger partial charge in [0.05, 0.1) is 12.1 Å². The van der Waals surface area contributed by atoms with E-state index in [9.17, 15) is 4.79 Å². The summed E-state index contributed by atoms with van der Waals surface area (Å²) in [6.45, 7) is 0.259. The van der Waals surface area contributed by atoms with Crippen LogP contribution in [0.25, 0.3) is 0 Å². The lowest BCUT2D eigenvalue weighted by Gasteiger charge is -2.05. The molecule has 4 nitrogen and oxygen atoms in total. The molecule has 15 heavy (non-hydrogen) atoms. The van der Waals surface area contributed by atoms with E-state index in [2.05, 4.69) is 5.32 Å². The molecule has 2 rings (SSSR count). The van der Waals surface area contributed by atoms with Crippen LogP contribution in [0.5, 0.6) is 0 Å². The van der Waals surface area contributed by atoms with Crippen LogP contribution >= 0.6 is 0 Å². The van der Waals surface area contributed by atoms with Crippen LogP contribution in [0.2, 0.25) is 0 Å². The smallest absolute Gasteiger partial charge is 0.407 e. The van der Waals surface area contributed by atoms with Crippen molar-refractivity contribution in [2.45, 2.75) is 25.2 Å². The van der Waals surface area contributed by atoms with E-state index in [1.54, 1.807) is 0 Å². The Bertz CT molecular complexity index is 339. The molecule has 0 saturated heterocycles. The minimum Gasteiger partial charge on any atom is -0.445 e. The normalized spacial score (nSPS) is 23.3. The van der Waals surface area contributed by atoms with Crippen molar-refractivity contribution >= 4 is 6.09 Å². The molecule has 1 saturated carbocycles. The van der Waals surface area contributed by atoms with Crippen molar-refractivity contribution in [2.75, 3.05) is 0 Å². The van der Waals surface area contributed by atoms with Crippen LogP contribution in [0.3, 0.4) is 0 Å². The van der Waals surface area contributed by atoms with E-state index in [1.165, 1.54) is 0 Å². The Morgan fingerprint density at radius 1 is 1.47 bits per heavy atom. The topological polar surface area (TPSA) is 58.6 Å². The van der Waals surface area contributed by atoms with Gasteiger partial charge in [0, 0.05) is 0 Å². The number of nitrogens with one attached hydrogen (secondary N) is 1. The molecule has 0 unspecified atom stereocenters. The summed E-state index contributed by atoms with van der Waals surface area (Å²) >= 11 is 0. The molecule has 1 aliphatic carbocycles. The maximum Gasteiger partial charge on any atom is 0.407 e. The SMILES string of the molecule is O=C(N[C@@H]1C[C@H]1O)OCc1ccccc1. The summed E-state index contributed by atoms with van der Waals surface area (Å²) in [6.07, 6.45) is -0.241. The fraction of sp³-hybridized carbons (Fsp3) is 0.364. The quantitative estimate of drug-likeness (QED) is 0.778. The predicted molar refractivity (Wildman–Crippen MR) is 54.2 cm³/mol. The van der Waals surface area contributed by atoms with Gasteiger partial charge in [0.15, 0.2) is 0 Å². The zero-order chi connectivity index (χ0) is 10.7. The molecule has 4 heteroatoms. The Morgan fingerprint density at radius 3 is 2.73 bits per heavy atom. The van der Waals surface area contributed by atoms with Gasteiger partial charge in [-0.25, -0.2) is 4.79 Å². The minimum atomic E-state index is -0.472. The van der Waals surface area contributed by atoms with E-state index >= 15 is 0 Å². The van der Waals surface area contributed by atoms with Crippen LogP contribution in [0.1, 0.15) is 12.0 Å². The van der Waals surface area contributed by atoms with Gasteiger partial charge in [-0.15, -0.1) is 0 Å². The summed E-state index contributed by atoms with van der Waals surface area (Å²) in [4.78, 5) is 11.2. The Kier molecular flexibility index (Phi) is 2.87. The molecule has 2 N–H and O–H groups in total. The van der Waals surface area contributed by atoms with Gasteiger partial charge in [-0.05, 0) is 12.0 Å².